The van der Waals surface area contributed by atoms with Crippen LogP contribution in [0, 0.1) is 0 Å². The Morgan fingerprint density at radius 2 is 1.80 bits per heavy atom. The number of carbonyl (C=O) groups excluding carboxylic acids is 1. The molecular weight excluding hydrogens is 318 g/mol. The number of methoxy groups -OCH3 is 1. The normalized spacial score (nSPS) is 23.2. The minimum absolute atomic E-state index is 0.433. The maximum atomic E-state index is 12.6. The predicted molar refractivity (Wildman–Crippen MR) is 94.9 cm³/mol. The number of anilines is 1. The molecular formula is C20H19NO4. The first-order valence-corrected chi connectivity index (χ1v) is 8.11. The maximum Gasteiger partial charge on any atom is 0.418 e. The Balaban J connectivity index is 1.85. The van der Waals surface area contributed by atoms with E-state index < -0.39 is 17.4 Å². The molecule has 0 saturated carbocycles. The Kier molecular flexibility index (Phi) is 3.29. The summed E-state index contributed by atoms with van der Waals surface area (Å²) in [6.45, 7) is 3.71. The lowest BCUT2D eigenvalue weighted by atomic mass is 9.90. The van der Waals surface area contributed by atoms with Crippen LogP contribution in [0.15, 0.2) is 54.6 Å². The standard InChI is InChI=1S/C20H19NO4/c1-19(2)20(21(18(22)25-19)15-7-5-4-6-8-15)12-11-14-13-16(23-3)9-10-17(14)24-20/h4-13H,1-3H3/t20-/m0/s1. The molecule has 1 spiro atoms. The number of cyclic esters (lactones) is 1. The van der Waals surface area contributed by atoms with Crippen LogP contribution in [0.2, 0.25) is 0 Å². The van der Waals surface area contributed by atoms with Gasteiger partial charge in [-0.05, 0) is 56.3 Å². The lowest BCUT2D eigenvalue weighted by molar-refractivity contribution is -0.0379. The lowest BCUT2D eigenvalue weighted by Crippen LogP contribution is -2.60. The van der Waals surface area contributed by atoms with Crippen LogP contribution in [0.4, 0.5) is 10.5 Å². The summed E-state index contributed by atoms with van der Waals surface area (Å²) in [5.41, 5.74) is -0.311. The van der Waals surface area contributed by atoms with E-state index in [2.05, 4.69) is 0 Å². The molecule has 0 N–H and O–H groups in total. The molecule has 1 amide bonds. The first kappa shape index (κ1) is 15.6. The summed E-state index contributed by atoms with van der Waals surface area (Å²) in [4.78, 5) is 14.2. The number of nitrogens with zero attached hydrogens (tertiary/aromatic N) is 1. The molecule has 0 bridgehead atoms. The molecule has 2 aromatic rings. The molecule has 0 aromatic heterocycles. The molecule has 1 fully saturated rings. The number of carbonyl (C=O) groups is 1. The highest BCUT2D eigenvalue weighted by atomic mass is 16.6. The first-order valence-electron chi connectivity index (χ1n) is 8.11. The SMILES string of the molecule is COc1ccc2c(c1)C=C[C@@]1(O2)N(c2ccccc2)C(=O)OC1(C)C. The zero-order valence-electron chi connectivity index (χ0n) is 14.4. The minimum Gasteiger partial charge on any atom is -0.497 e. The van der Waals surface area contributed by atoms with Gasteiger partial charge in [-0.25, -0.2) is 9.69 Å². The Morgan fingerprint density at radius 3 is 2.52 bits per heavy atom. The number of hydrogen-bond donors (Lipinski definition) is 0. The number of fused-ring (bicyclic) bond motifs is 1. The molecule has 0 unspecified atom stereocenters. The quantitative estimate of drug-likeness (QED) is 0.823. The third kappa shape index (κ3) is 2.19. The molecule has 2 aromatic carbocycles. The molecule has 25 heavy (non-hydrogen) atoms. The van der Waals surface area contributed by atoms with Crippen molar-refractivity contribution in [1.82, 2.24) is 0 Å². The van der Waals surface area contributed by atoms with Gasteiger partial charge in [0.05, 0.1) is 12.8 Å². The highest BCUT2D eigenvalue weighted by Crippen LogP contribution is 2.47. The minimum atomic E-state index is -1.06. The van der Waals surface area contributed by atoms with Crippen molar-refractivity contribution >= 4 is 17.9 Å². The Morgan fingerprint density at radius 1 is 1.04 bits per heavy atom. The molecule has 1 saturated heterocycles. The van der Waals surface area contributed by atoms with Gasteiger partial charge in [-0.3, -0.25) is 0 Å². The van der Waals surface area contributed by atoms with Crippen LogP contribution in [-0.4, -0.2) is 24.5 Å². The second kappa shape index (κ2) is 5.28. The summed E-state index contributed by atoms with van der Waals surface area (Å²) in [6, 6.07) is 15.0. The van der Waals surface area contributed by atoms with Gasteiger partial charge in [0, 0.05) is 5.56 Å². The van der Waals surface area contributed by atoms with Crippen LogP contribution in [0.5, 0.6) is 11.5 Å². The third-order valence-electron chi connectivity index (χ3n) is 4.71. The van der Waals surface area contributed by atoms with Crippen LogP contribution >= 0.6 is 0 Å². The summed E-state index contributed by atoms with van der Waals surface area (Å²) >= 11 is 0. The average Bonchev–Trinajstić information content (AvgIpc) is 2.80. The van der Waals surface area contributed by atoms with E-state index in [0.717, 1.165) is 17.0 Å². The van der Waals surface area contributed by atoms with Crippen molar-refractivity contribution < 1.29 is 19.0 Å². The molecule has 128 valence electrons. The van der Waals surface area contributed by atoms with Gasteiger partial charge in [-0.1, -0.05) is 18.2 Å². The summed E-state index contributed by atoms with van der Waals surface area (Å²) in [5.74, 6) is 1.43. The van der Waals surface area contributed by atoms with E-state index in [1.807, 2.05) is 74.5 Å². The van der Waals surface area contributed by atoms with Crippen molar-refractivity contribution in [3.05, 3.63) is 60.2 Å². The molecule has 2 aliphatic heterocycles. The van der Waals surface area contributed by atoms with Crippen LogP contribution < -0.4 is 14.4 Å². The molecule has 2 heterocycles. The van der Waals surface area contributed by atoms with Crippen molar-refractivity contribution in [3.63, 3.8) is 0 Å². The highest BCUT2D eigenvalue weighted by molar-refractivity contribution is 5.93. The third-order valence-corrected chi connectivity index (χ3v) is 4.71. The fraction of sp³-hybridized carbons (Fsp3) is 0.250. The van der Waals surface area contributed by atoms with Gasteiger partial charge in [0.1, 0.15) is 11.5 Å². The fourth-order valence-corrected chi connectivity index (χ4v) is 3.34. The van der Waals surface area contributed by atoms with E-state index in [1.54, 1.807) is 12.0 Å². The fourth-order valence-electron chi connectivity index (χ4n) is 3.34. The summed E-state index contributed by atoms with van der Waals surface area (Å²) in [5, 5.41) is 0. The van der Waals surface area contributed by atoms with Gasteiger partial charge in [0.25, 0.3) is 5.72 Å². The molecule has 0 aliphatic carbocycles. The number of benzene rings is 2. The van der Waals surface area contributed by atoms with E-state index >= 15 is 0 Å². The summed E-state index contributed by atoms with van der Waals surface area (Å²) in [7, 11) is 1.63. The topological polar surface area (TPSA) is 48.0 Å². The largest absolute Gasteiger partial charge is 0.497 e. The van der Waals surface area contributed by atoms with E-state index in [-0.39, 0.29) is 0 Å². The number of rotatable bonds is 2. The zero-order valence-corrected chi connectivity index (χ0v) is 14.4. The zero-order chi connectivity index (χ0) is 17.7. The number of hydrogen-bond acceptors (Lipinski definition) is 4. The highest BCUT2D eigenvalue weighted by Gasteiger charge is 2.63. The van der Waals surface area contributed by atoms with Gasteiger partial charge in [-0.2, -0.15) is 0 Å². The summed E-state index contributed by atoms with van der Waals surface area (Å²) in [6.07, 6.45) is 3.39. The van der Waals surface area contributed by atoms with E-state index in [1.165, 1.54) is 0 Å². The molecule has 5 nitrogen and oxygen atoms in total. The second-order valence-corrected chi connectivity index (χ2v) is 6.58. The van der Waals surface area contributed by atoms with Crippen LogP contribution in [0.1, 0.15) is 19.4 Å². The van der Waals surface area contributed by atoms with Crippen LogP contribution in [0.25, 0.3) is 6.08 Å². The first-order chi connectivity index (χ1) is 12.0. The van der Waals surface area contributed by atoms with E-state index in [9.17, 15) is 4.79 Å². The van der Waals surface area contributed by atoms with Crippen molar-refractivity contribution in [2.45, 2.75) is 25.2 Å². The van der Waals surface area contributed by atoms with Gasteiger partial charge >= 0.3 is 6.09 Å². The van der Waals surface area contributed by atoms with Crippen molar-refractivity contribution in [2.24, 2.45) is 0 Å². The van der Waals surface area contributed by atoms with Crippen molar-refractivity contribution in [3.8, 4) is 11.5 Å². The summed E-state index contributed by atoms with van der Waals surface area (Å²) < 4.78 is 17.3. The number of para-hydroxylation sites is 1. The van der Waals surface area contributed by atoms with Gasteiger partial charge in [0.15, 0.2) is 5.60 Å². The van der Waals surface area contributed by atoms with E-state index in [0.29, 0.717) is 5.75 Å². The lowest BCUT2D eigenvalue weighted by Gasteiger charge is -2.42. The second-order valence-electron chi connectivity index (χ2n) is 6.58. The van der Waals surface area contributed by atoms with Gasteiger partial charge in [0.2, 0.25) is 0 Å². The van der Waals surface area contributed by atoms with E-state index in [4.69, 9.17) is 14.2 Å². The van der Waals surface area contributed by atoms with Crippen molar-refractivity contribution in [1.29, 1.82) is 0 Å². The maximum absolute atomic E-state index is 12.6. The van der Waals surface area contributed by atoms with Gasteiger partial charge < -0.3 is 14.2 Å². The molecule has 0 radical (unpaired) electrons. The van der Waals surface area contributed by atoms with Gasteiger partial charge in [-0.15, -0.1) is 0 Å². The number of amides is 1. The molecule has 1 atom stereocenters. The smallest absolute Gasteiger partial charge is 0.418 e. The molecule has 4 rings (SSSR count). The molecule has 5 heteroatoms. The Bertz CT molecular complexity index is 859. The average molecular weight is 337 g/mol. The predicted octanol–water partition coefficient (Wildman–Crippen LogP) is 4.23. The van der Waals surface area contributed by atoms with Crippen LogP contribution in [-0.2, 0) is 4.74 Å². The van der Waals surface area contributed by atoms with Crippen molar-refractivity contribution in [2.75, 3.05) is 12.0 Å². The monoisotopic (exact) mass is 337 g/mol. The Hall–Kier alpha value is -2.95. The van der Waals surface area contributed by atoms with Crippen LogP contribution in [0.3, 0.4) is 0 Å². The Labute approximate surface area is 146 Å². The number of ether oxygens (including phenoxy) is 3. The molecule has 2 aliphatic rings.